The summed E-state index contributed by atoms with van der Waals surface area (Å²) in [7, 11) is -1.28. The molecule has 5 heteroatoms. The van der Waals surface area contributed by atoms with Crippen molar-refractivity contribution in [2.75, 3.05) is 32.4 Å². The third-order valence-corrected chi connectivity index (χ3v) is 7.56. The maximum atomic E-state index is 12.0. The van der Waals surface area contributed by atoms with Crippen LogP contribution in [0, 0.1) is 11.8 Å². The molecule has 1 aliphatic heterocycles. The highest BCUT2D eigenvalue weighted by Gasteiger charge is 2.30. The van der Waals surface area contributed by atoms with Crippen LogP contribution in [0.25, 0.3) is 0 Å². The third-order valence-electron chi connectivity index (χ3n) is 5.66. The first-order chi connectivity index (χ1) is 9.94. The fourth-order valence-corrected chi connectivity index (χ4v) is 4.96. The fourth-order valence-electron chi connectivity index (χ4n) is 3.89. The highest BCUT2D eigenvalue weighted by atomic mass is 32.2. The lowest BCUT2D eigenvalue weighted by Crippen LogP contribution is -2.47. The molecule has 0 N–H and O–H groups in total. The maximum Gasteiger partial charge on any atom is 0.213 e. The van der Waals surface area contributed by atoms with Crippen molar-refractivity contribution in [2.45, 2.75) is 58.4 Å². The van der Waals surface area contributed by atoms with Gasteiger partial charge in [-0.25, -0.2) is 12.7 Å². The first kappa shape index (κ1) is 17.2. The van der Waals surface area contributed by atoms with E-state index in [1.54, 1.807) is 18.3 Å². The van der Waals surface area contributed by atoms with Crippen molar-refractivity contribution in [3.8, 4) is 0 Å². The summed E-state index contributed by atoms with van der Waals surface area (Å²) < 4.78 is 25.5. The molecule has 0 bridgehead atoms. The molecular formula is C16H32N2O2S. The second-order valence-electron chi connectivity index (χ2n) is 6.97. The summed E-state index contributed by atoms with van der Waals surface area (Å²) in [6.07, 6.45) is 7.53. The van der Waals surface area contributed by atoms with Crippen LogP contribution in [-0.2, 0) is 10.0 Å². The van der Waals surface area contributed by atoms with Crippen molar-refractivity contribution < 1.29 is 8.42 Å². The fraction of sp³-hybridized carbons (Fsp3) is 1.00. The molecular weight excluding hydrogens is 284 g/mol. The van der Waals surface area contributed by atoms with E-state index in [1.807, 2.05) is 0 Å². The summed E-state index contributed by atoms with van der Waals surface area (Å²) in [5.41, 5.74) is 0. The van der Waals surface area contributed by atoms with Crippen molar-refractivity contribution in [1.82, 2.24) is 9.21 Å². The van der Waals surface area contributed by atoms with Crippen LogP contribution in [0.2, 0.25) is 0 Å². The number of rotatable bonds is 5. The normalized spacial score (nSPS) is 29.9. The minimum absolute atomic E-state index is 0.204. The monoisotopic (exact) mass is 316 g/mol. The van der Waals surface area contributed by atoms with Crippen LogP contribution >= 0.6 is 0 Å². The molecule has 2 fully saturated rings. The maximum absolute atomic E-state index is 12.0. The number of hydrogen-bond donors (Lipinski definition) is 0. The van der Waals surface area contributed by atoms with Crippen LogP contribution in [0.4, 0.5) is 0 Å². The minimum Gasteiger partial charge on any atom is -0.303 e. The number of sulfonamides is 1. The van der Waals surface area contributed by atoms with E-state index in [0.717, 1.165) is 37.8 Å². The Morgan fingerprint density at radius 2 is 1.71 bits per heavy atom. The van der Waals surface area contributed by atoms with Gasteiger partial charge < -0.3 is 4.90 Å². The Bertz CT molecular complexity index is 416. The summed E-state index contributed by atoms with van der Waals surface area (Å²) in [5, 5.41) is 0. The Labute approximate surface area is 130 Å². The Hall–Kier alpha value is -0.130. The second-order valence-corrected chi connectivity index (χ2v) is 9.29. The molecule has 124 valence electrons. The van der Waals surface area contributed by atoms with E-state index in [4.69, 9.17) is 0 Å². The van der Waals surface area contributed by atoms with Gasteiger partial charge in [0.1, 0.15) is 0 Å². The van der Waals surface area contributed by atoms with Gasteiger partial charge in [-0.3, -0.25) is 0 Å². The van der Waals surface area contributed by atoms with E-state index < -0.39 is 10.0 Å². The Balaban J connectivity index is 1.80. The molecule has 1 heterocycles. The molecule has 0 radical (unpaired) electrons. The predicted octanol–water partition coefficient (Wildman–Crippen LogP) is 2.56. The van der Waals surface area contributed by atoms with Crippen LogP contribution in [-0.4, -0.2) is 56.1 Å². The molecule has 0 amide bonds. The van der Waals surface area contributed by atoms with Gasteiger partial charge in [-0.15, -0.1) is 0 Å². The minimum atomic E-state index is -3.04. The highest BCUT2D eigenvalue weighted by Crippen LogP contribution is 2.31. The number of hydrogen-bond acceptors (Lipinski definition) is 3. The second kappa shape index (κ2) is 7.42. The molecule has 0 unspecified atom stereocenters. The van der Waals surface area contributed by atoms with Gasteiger partial charge in [0, 0.05) is 19.6 Å². The Morgan fingerprint density at radius 1 is 1.10 bits per heavy atom. The zero-order valence-corrected chi connectivity index (χ0v) is 14.7. The Morgan fingerprint density at radius 3 is 2.29 bits per heavy atom. The lowest BCUT2D eigenvalue weighted by atomic mass is 9.80. The first-order valence-electron chi connectivity index (χ1n) is 8.62. The molecule has 2 rings (SSSR count). The number of piperidine rings is 1. The molecule has 1 saturated heterocycles. The van der Waals surface area contributed by atoms with Crippen LogP contribution in [0.15, 0.2) is 0 Å². The average Bonchev–Trinajstić information content (AvgIpc) is 2.49. The van der Waals surface area contributed by atoms with Gasteiger partial charge >= 0.3 is 0 Å². The standard InChI is InChI=1S/C16H32N2O2S/c1-4-21(19,20)17(3)16-9-11-18(12-10-16)13-15-8-6-5-7-14(15)2/h14-16H,4-13H2,1-3H3/t14-,15-/m1/s1. The summed E-state index contributed by atoms with van der Waals surface area (Å²) in [6.45, 7) is 7.46. The van der Waals surface area contributed by atoms with Gasteiger partial charge in [0.2, 0.25) is 10.0 Å². The van der Waals surface area contributed by atoms with Crippen molar-refractivity contribution in [1.29, 1.82) is 0 Å². The third kappa shape index (κ3) is 4.42. The van der Waals surface area contributed by atoms with Crippen molar-refractivity contribution in [2.24, 2.45) is 11.8 Å². The lowest BCUT2D eigenvalue weighted by molar-refractivity contribution is 0.117. The summed E-state index contributed by atoms with van der Waals surface area (Å²) in [6, 6.07) is 0.204. The largest absolute Gasteiger partial charge is 0.303 e. The van der Waals surface area contributed by atoms with Gasteiger partial charge in [-0.2, -0.15) is 0 Å². The summed E-state index contributed by atoms with van der Waals surface area (Å²) >= 11 is 0. The molecule has 1 saturated carbocycles. The van der Waals surface area contributed by atoms with E-state index >= 15 is 0 Å². The Kier molecular flexibility index (Phi) is 6.09. The van der Waals surface area contributed by atoms with Crippen molar-refractivity contribution in [3.63, 3.8) is 0 Å². The zero-order valence-electron chi connectivity index (χ0n) is 13.9. The lowest BCUT2D eigenvalue weighted by Gasteiger charge is -2.39. The van der Waals surface area contributed by atoms with Gasteiger partial charge in [-0.05, 0) is 51.1 Å². The molecule has 4 nitrogen and oxygen atoms in total. The molecule has 0 spiro atoms. The SMILES string of the molecule is CCS(=O)(=O)N(C)C1CCN(C[C@H]2CCCC[C@H]2C)CC1. The first-order valence-corrected chi connectivity index (χ1v) is 10.2. The van der Waals surface area contributed by atoms with Crippen LogP contribution in [0.5, 0.6) is 0 Å². The number of nitrogens with zero attached hydrogens (tertiary/aromatic N) is 2. The predicted molar refractivity (Wildman–Crippen MR) is 87.8 cm³/mol. The molecule has 21 heavy (non-hydrogen) atoms. The van der Waals surface area contributed by atoms with Gasteiger partial charge in [-0.1, -0.05) is 26.2 Å². The van der Waals surface area contributed by atoms with E-state index in [9.17, 15) is 8.42 Å². The molecule has 2 atom stereocenters. The average molecular weight is 317 g/mol. The smallest absolute Gasteiger partial charge is 0.213 e. The molecule has 2 aliphatic rings. The van der Waals surface area contributed by atoms with Crippen LogP contribution < -0.4 is 0 Å². The van der Waals surface area contributed by atoms with E-state index in [2.05, 4.69) is 11.8 Å². The van der Waals surface area contributed by atoms with E-state index in [1.165, 1.54) is 32.2 Å². The zero-order chi connectivity index (χ0) is 15.5. The van der Waals surface area contributed by atoms with Crippen molar-refractivity contribution >= 4 is 10.0 Å². The van der Waals surface area contributed by atoms with E-state index in [0.29, 0.717) is 0 Å². The van der Waals surface area contributed by atoms with Crippen LogP contribution in [0.1, 0.15) is 52.4 Å². The number of likely N-dealkylation sites (tertiary alicyclic amines) is 1. The topological polar surface area (TPSA) is 40.6 Å². The van der Waals surface area contributed by atoms with E-state index in [-0.39, 0.29) is 11.8 Å². The molecule has 0 aromatic carbocycles. The van der Waals surface area contributed by atoms with Gasteiger partial charge in [0.15, 0.2) is 0 Å². The summed E-state index contributed by atoms with van der Waals surface area (Å²) in [4.78, 5) is 2.56. The highest BCUT2D eigenvalue weighted by molar-refractivity contribution is 7.89. The van der Waals surface area contributed by atoms with Crippen LogP contribution in [0.3, 0.4) is 0 Å². The molecule has 0 aromatic rings. The van der Waals surface area contributed by atoms with Crippen molar-refractivity contribution in [3.05, 3.63) is 0 Å². The van der Waals surface area contributed by atoms with Gasteiger partial charge in [0.05, 0.1) is 5.75 Å². The summed E-state index contributed by atoms with van der Waals surface area (Å²) in [5.74, 6) is 1.93. The molecule has 1 aliphatic carbocycles. The quantitative estimate of drug-likeness (QED) is 0.782. The molecule has 0 aromatic heterocycles. The van der Waals surface area contributed by atoms with Gasteiger partial charge in [0.25, 0.3) is 0 Å².